The summed E-state index contributed by atoms with van der Waals surface area (Å²) in [6.45, 7) is 1.70. The van der Waals surface area contributed by atoms with Crippen LogP contribution in [-0.4, -0.2) is 24.7 Å². The molecule has 4 heteroatoms. The number of fused-ring (bicyclic) bond motifs is 1. The van der Waals surface area contributed by atoms with Gasteiger partial charge in [0.25, 0.3) is 0 Å². The molecule has 0 N–H and O–H groups in total. The topological polar surface area (TPSA) is 30.8 Å². The molecule has 0 spiro atoms. The molecular weight excluding hydrogens is 370 g/mol. The van der Waals surface area contributed by atoms with E-state index in [4.69, 9.17) is 26.1 Å². The standard InChI is InChI=1S/C24H22ClNO2/c25-13-12-19-8-4-5-9-21(19)24-22-11-10-20(16-23(22)27-15-14-26-24)28-17-18-6-2-1-3-7-18/h1-11,16H,12-15,17H2. The molecule has 0 aliphatic carbocycles. The predicted octanol–water partition coefficient (Wildman–Crippen LogP) is 5.28. The van der Waals surface area contributed by atoms with Crippen LogP contribution in [0.2, 0.25) is 0 Å². The van der Waals surface area contributed by atoms with E-state index in [1.54, 1.807) is 0 Å². The smallest absolute Gasteiger partial charge is 0.132 e. The van der Waals surface area contributed by atoms with Gasteiger partial charge in [0.1, 0.15) is 24.7 Å². The zero-order chi connectivity index (χ0) is 19.2. The van der Waals surface area contributed by atoms with Gasteiger partial charge >= 0.3 is 0 Å². The van der Waals surface area contributed by atoms with Crippen LogP contribution in [0.4, 0.5) is 0 Å². The van der Waals surface area contributed by atoms with E-state index in [2.05, 4.69) is 24.3 Å². The third-order valence-electron chi connectivity index (χ3n) is 4.71. The van der Waals surface area contributed by atoms with Gasteiger partial charge in [0.15, 0.2) is 0 Å². The molecule has 0 radical (unpaired) electrons. The molecule has 0 saturated carbocycles. The number of halogens is 1. The number of hydrogen-bond donors (Lipinski definition) is 0. The fourth-order valence-corrected chi connectivity index (χ4v) is 3.55. The maximum absolute atomic E-state index is 6.00. The summed E-state index contributed by atoms with van der Waals surface area (Å²) >= 11 is 6.00. The van der Waals surface area contributed by atoms with Crippen molar-refractivity contribution in [2.75, 3.05) is 19.0 Å². The lowest BCUT2D eigenvalue weighted by Gasteiger charge is -2.15. The van der Waals surface area contributed by atoms with Gasteiger partial charge in [0.2, 0.25) is 0 Å². The molecular formula is C24H22ClNO2. The highest BCUT2D eigenvalue weighted by molar-refractivity contribution is 6.18. The first-order chi connectivity index (χ1) is 13.8. The fourth-order valence-electron chi connectivity index (χ4n) is 3.35. The number of aliphatic imine (C=N–C) groups is 1. The summed E-state index contributed by atoms with van der Waals surface area (Å²) in [7, 11) is 0. The van der Waals surface area contributed by atoms with Crippen LogP contribution in [0.5, 0.6) is 11.5 Å². The van der Waals surface area contributed by atoms with Gasteiger partial charge in [-0.3, -0.25) is 4.99 Å². The maximum Gasteiger partial charge on any atom is 0.132 e. The molecule has 0 saturated heterocycles. The van der Waals surface area contributed by atoms with Crippen molar-refractivity contribution < 1.29 is 9.47 Å². The normalized spacial score (nSPS) is 13.1. The van der Waals surface area contributed by atoms with Gasteiger partial charge in [0.05, 0.1) is 12.3 Å². The number of aryl methyl sites for hydroxylation is 1. The first-order valence-corrected chi connectivity index (χ1v) is 10.0. The molecule has 1 aliphatic rings. The van der Waals surface area contributed by atoms with Gasteiger partial charge < -0.3 is 9.47 Å². The van der Waals surface area contributed by atoms with Crippen LogP contribution in [0, 0.1) is 0 Å². The van der Waals surface area contributed by atoms with Gasteiger partial charge in [-0.25, -0.2) is 0 Å². The lowest BCUT2D eigenvalue weighted by atomic mass is 9.95. The number of ether oxygens (including phenoxy) is 2. The minimum absolute atomic E-state index is 0.527. The second-order valence-electron chi connectivity index (χ2n) is 6.61. The van der Waals surface area contributed by atoms with E-state index in [0.717, 1.165) is 40.3 Å². The van der Waals surface area contributed by atoms with Crippen molar-refractivity contribution in [1.82, 2.24) is 0 Å². The van der Waals surface area contributed by atoms with E-state index in [1.165, 1.54) is 5.56 Å². The zero-order valence-corrected chi connectivity index (χ0v) is 16.4. The average molecular weight is 392 g/mol. The quantitative estimate of drug-likeness (QED) is 0.535. The summed E-state index contributed by atoms with van der Waals surface area (Å²) in [5.74, 6) is 2.18. The van der Waals surface area contributed by atoms with Crippen molar-refractivity contribution in [1.29, 1.82) is 0 Å². The number of rotatable bonds is 6. The second kappa shape index (κ2) is 8.94. The van der Waals surface area contributed by atoms with E-state index in [9.17, 15) is 0 Å². The second-order valence-corrected chi connectivity index (χ2v) is 6.99. The Kier molecular flexibility index (Phi) is 5.93. The van der Waals surface area contributed by atoms with Crippen LogP contribution < -0.4 is 9.47 Å². The summed E-state index contributed by atoms with van der Waals surface area (Å²) in [4.78, 5) is 4.81. The van der Waals surface area contributed by atoms with Crippen molar-refractivity contribution in [3.8, 4) is 11.5 Å². The number of benzene rings is 3. The van der Waals surface area contributed by atoms with Crippen LogP contribution in [0.15, 0.2) is 77.8 Å². The molecule has 0 fully saturated rings. The Bertz CT molecular complexity index is 969. The molecule has 1 aliphatic heterocycles. The maximum atomic E-state index is 6.00. The Labute approximate surface area is 170 Å². The largest absolute Gasteiger partial charge is 0.491 e. The summed E-state index contributed by atoms with van der Waals surface area (Å²) < 4.78 is 11.9. The van der Waals surface area contributed by atoms with Crippen molar-refractivity contribution in [3.05, 3.63) is 95.1 Å². The van der Waals surface area contributed by atoms with Crippen LogP contribution in [0.3, 0.4) is 0 Å². The van der Waals surface area contributed by atoms with Crippen LogP contribution in [-0.2, 0) is 13.0 Å². The molecule has 3 aromatic rings. The molecule has 142 valence electrons. The van der Waals surface area contributed by atoms with Gasteiger partial charge in [-0.2, -0.15) is 0 Å². The monoisotopic (exact) mass is 391 g/mol. The number of hydrogen-bond acceptors (Lipinski definition) is 3. The summed E-state index contributed by atoms with van der Waals surface area (Å²) in [6.07, 6.45) is 0.811. The molecule has 0 amide bonds. The highest BCUT2D eigenvalue weighted by Crippen LogP contribution is 2.30. The molecule has 0 aromatic heterocycles. The van der Waals surface area contributed by atoms with Crippen molar-refractivity contribution >= 4 is 17.3 Å². The molecule has 3 aromatic carbocycles. The van der Waals surface area contributed by atoms with Gasteiger partial charge in [0, 0.05) is 23.1 Å². The van der Waals surface area contributed by atoms with Crippen LogP contribution in [0.25, 0.3) is 0 Å². The summed E-state index contributed by atoms with van der Waals surface area (Å²) in [5, 5.41) is 0. The van der Waals surface area contributed by atoms with E-state index in [0.29, 0.717) is 25.6 Å². The number of alkyl halides is 1. The summed E-state index contributed by atoms with van der Waals surface area (Å²) in [6, 6.07) is 24.4. The Morgan fingerprint density at radius 2 is 1.75 bits per heavy atom. The minimum Gasteiger partial charge on any atom is -0.491 e. The molecule has 3 nitrogen and oxygen atoms in total. The Balaban J connectivity index is 1.62. The van der Waals surface area contributed by atoms with Gasteiger partial charge in [-0.05, 0) is 29.7 Å². The molecule has 0 unspecified atom stereocenters. The average Bonchev–Trinajstić information content (AvgIpc) is 2.96. The first-order valence-electron chi connectivity index (χ1n) is 9.48. The first kappa shape index (κ1) is 18.6. The Morgan fingerprint density at radius 3 is 2.61 bits per heavy atom. The van der Waals surface area contributed by atoms with Crippen molar-refractivity contribution in [2.45, 2.75) is 13.0 Å². The molecule has 0 bridgehead atoms. The zero-order valence-electron chi connectivity index (χ0n) is 15.6. The summed E-state index contributed by atoms with van der Waals surface area (Å²) in [5.41, 5.74) is 5.41. The highest BCUT2D eigenvalue weighted by atomic mass is 35.5. The van der Waals surface area contributed by atoms with Crippen LogP contribution in [0.1, 0.15) is 22.3 Å². The molecule has 28 heavy (non-hydrogen) atoms. The van der Waals surface area contributed by atoms with Crippen molar-refractivity contribution in [3.63, 3.8) is 0 Å². The Hall–Kier alpha value is -2.78. The molecule has 1 heterocycles. The third kappa shape index (κ3) is 4.20. The molecule has 0 atom stereocenters. The van der Waals surface area contributed by atoms with E-state index in [-0.39, 0.29) is 0 Å². The van der Waals surface area contributed by atoms with Gasteiger partial charge in [-0.1, -0.05) is 54.6 Å². The third-order valence-corrected chi connectivity index (χ3v) is 4.90. The molecule has 4 rings (SSSR count). The minimum atomic E-state index is 0.527. The van der Waals surface area contributed by atoms with E-state index >= 15 is 0 Å². The van der Waals surface area contributed by atoms with E-state index in [1.807, 2.05) is 48.5 Å². The lowest BCUT2D eigenvalue weighted by Crippen LogP contribution is -2.08. The van der Waals surface area contributed by atoms with Crippen LogP contribution >= 0.6 is 11.6 Å². The highest BCUT2D eigenvalue weighted by Gasteiger charge is 2.19. The predicted molar refractivity (Wildman–Crippen MR) is 114 cm³/mol. The Morgan fingerprint density at radius 1 is 0.929 bits per heavy atom. The van der Waals surface area contributed by atoms with Crippen molar-refractivity contribution in [2.24, 2.45) is 4.99 Å². The number of nitrogens with zero attached hydrogens (tertiary/aromatic N) is 1. The van der Waals surface area contributed by atoms with Gasteiger partial charge in [-0.15, -0.1) is 11.6 Å². The van der Waals surface area contributed by atoms with E-state index < -0.39 is 0 Å². The SMILES string of the molecule is ClCCc1ccccc1C1=NCCOc2cc(OCc3ccccc3)ccc21. The fraction of sp³-hybridized carbons (Fsp3) is 0.208. The lowest BCUT2D eigenvalue weighted by molar-refractivity contribution is 0.298.